The van der Waals surface area contributed by atoms with Crippen molar-refractivity contribution in [2.45, 2.75) is 52.9 Å². The predicted octanol–water partition coefficient (Wildman–Crippen LogP) is 5.02. The average Bonchev–Trinajstić information content (AvgIpc) is 2.35. The van der Waals surface area contributed by atoms with Crippen LogP contribution < -0.4 is 4.74 Å². The Balaban J connectivity index is 3.04. The molecule has 1 aromatic carbocycles. The molecule has 0 atom stereocenters. The number of ether oxygens (including phenoxy) is 2. The fourth-order valence-corrected chi connectivity index (χ4v) is 1.86. The van der Waals surface area contributed by atoms with Crippen LogP contribution in [-0.2, 0) is 4.74 Å². The van der Waals surface area contributed by atoms with Gasteiger partial charge >= 0.3 is 6.16 Å². The van der Waals surface area contributed by atoms with Gasteiger partial charge < -0.3 is 9.47 Å². The second-order valence-electron chi connectivity index (χ2n) is 5.12. The molecule has 19 heavy (non-hydrogen) atoms. The molecule has 1 radical (unpaired) electrons. The molecule has 0 N–H and O–H groups in total. The zero-order valence-corrected chi connectivity index (χ0v) is 12.4. The van der Waals surface area contributed by atoms with Crippen molar-refractivity contribution in [1.29, 1.82) is 0 Å². The van der Waals surface area contributed by atoms with Crippen molar-refractivity contribution in [2.24, 2.45) is 0 Å². The molecular formula is C16H23O3. The lowest BCUT2D eigenvalue weighted by Crippen LogP contribution is -2.12. The Morgan fingerprint density at radius 1 is 1.16 bits per heavy atom. The molecule has 3 heteroatoms. The fraction of sp³-hybridized carbons (Fsp3) is 0.500. The maximum atomic E-state index is 11.6. The Morgan fingerprint density at radius 2 is 1.68 bits per heavy atom. The number of carbonyl (C=O) groups is 1. The van der Waals surface area contributed by atoms with Crippen molar-refractivity contribution in [3.05, 3.63) is 35.9 Å². The van der Waals surface area contributed by atoms with Crippen LogP contribution in [-0.4, -0.2) is 6.16 Å². The molecule has 0 saturated heterocycles. The monoisotopic (exact) mass is 263 g/mol. The number of benzene rings is 1. The van der Waals surface area contributed by atoms with E-state index in [9.17, 15) is 4.79 Å². The molecule has 1 rings (SSSR count). The van der Waals surface area contributed by atoms with Crippen molar-refractivity contribution in [3.63, 3.8) is 0 Å². The van der Waals surface area contributed by atoms with Gasteiger partial charge in [-0.2, -0.15) is 0 Å². The molecule has 0 bridgehead atoms. The molecule has 0 aliphatic rings. The van der Waals surface area contributed by atoms with Gasteiger partial charge in [0.2, 0.25) is 0 Å². The Labute approximate surface area is 115 Å². The second kappa shape index (κ2) is 7.17. The van der Waals surface area contributed by atoms with Crippen LogP contribution in [0.25, 0.3) is 0 Å². The molecule has 105 valence electrons. The summed E-state index contributed by atoms with van der Waals surface area (Å²) in [4.78, 5) is 11.6. The van der Waals surface area contributed by atoms with E-state index in [0.29, 0.717) is 12.2 Å². The summed E-state index contributed by atoms with van der Waals surface area (Å²) >= 11 is 0. The van der Waals surface area contributed by atoms with E-state index >= 15 is 0 Å². The van der Waals surface area contributed by atoms with Gasteiger partial charge in [0.1, 0.15) is 12.4 Å². The van der Waals surface area contributed by atoms with Crippen molar-refractivity contribution >= 4 is 6.16 Å². The van der Waals surface area contributed by atoms with E-state index in [1.54, 1.807) is 0 Å². The van der Waals surface area contributed by atoms with E-state index in [0.717, 1.165) is 11.1 Å². The van der Waals surface area contributed by atoms with Gasteiger partial charge in [-0.1, -0.05) is 52.8 Å². The third-order valence-electron chi connectivity index (χ3n) is 2.85. The van der Waals surface area contributed by atoms with Gasteiger partial charge in [0.05, 0.1) is 0 Å². The molecule has 0 aromatic heterocycles. The highest BCUT2D eigenvalue weighted by Gasteiger charge is 2.18. The van der Waals surface area contributed by atoms with Crippen LogP contribution in [0.4, 0.5) is 4.79 Å². The summed E-state index contributed by atoms with van der Waals surface area (Å²) in [6.45, 7) is 11.7. The van der Waals surface area contributed by atoms with Gasteiger partial charge in [0.25, 0.3) is 0 Å². The largest absolute Gasteiger partial charge is 0.514 e. The van der Waals surface area contributed by atoms with Crippen LogP contribution >= 0.6 is 0 Å². The Bertz CT molecular complexity index is 396. The summed E-state index contributed by atoms with van der Waals surface area (Å²) in [5.74, 6) is 1.22. The number of hydrogen-bond donors (Lipinski definition) is 0. The molecule has 0 amide bonds. The molecule has 1 aromatic rings. The highest BCUT2D eigenvalue weighted by atomic mass is 16.7. The maximum Gasteiger partial charge on any atom is 0.514 e. The number of rotatable bonds is 5. The Kier molecular flexibility index (Phi) is 5.87. The standard InChI is InChI=1S/C16H23O3/c1-6-10-18-16(17)19-15-13(11(2)3)8-7-9-14(15)12(4)5/h7-12H,6H2,1-5H3. The number of para-hydroxylation sites is 1. The molecule has 3 nitrogen and oxygen atoms in total. The lowest BCUT2D eigenvalue weighted by molar-refractivity contribution is 0.120. The Morgan fingerprint density at radius 3 is 2.11 bits per heavy atom. The zero-order valence-electron chi connectivity index (χ0n) is 12.4. The second-order valence-corrected chi connectivity index (χ2v) is 5.12. The minimum Gasteiger partial charge on any atom is -0.427 e. The third-order valence-corrected chi connectivity index (χ3v) is 2.85. The van der Waals surface area contributed by atoms with Crippen molar-refractivity contribution in [2.75, 3.05) is 0 Å². The van der Waals surface area contributed by atoms with Crippen LogP contribution in [0.3, 0.4) is 0 Å². The topological polar surface area (TPSA) is 35.5 Å². The molecule has 0 heterocycles. The minimum atomic E-state index is -0.670. The van der Waals surface area contributed by atoms with Crippen LogP contribution in [0.2, 0.25) is 0 Å². The highest BCUT2D eigenvalue weighted by molar-refractivity contribution is 5.66. The minimum absolute atomic E-state index is 0.289. The van der Waals surface area contributed by atoms with Gasteiger partial charge in [0.15, 0.2) is 0 Å². The highest BCUT2D eigenvalue weighted by Crippen LogP contribution is 2.34. The van der Waals surface area contributed by atoms with E-state index < -0.39 is 6.16 Å². The van der Waals surface area contributed by atoms with Crippen LogP contribution in [0.5, 0.6) is 5.75 Å². The predicted molar refractivity (Wildman–Crippen MR) is 76.3 cm³/mol. The normalized spacial score (nSPS) is 10.9. The van der Waals surface area contributed by atoms with E-state index in [2.05, 4.69) is 27.7 Å². The van der Waals surface area contributed by atoms with E-state index in [-0.39, 0.29) is 11.8 Å². The Hall–Kier alpha value is -1.51. The lowest BCUT2D eigenvalue weighted by Gasteiger charge is -2.18. The summed E-state index contributed by atoms with van der Waals surface area (Å²) in [6.07, 6.45) is -0.00494. The fourth-order valence-electron chi connectivity index (χ4n) is 1.86. The summed E-state index contributed by atoms with van der Waals surface area (Å²) in [5.41, 5.74) is 2.05. The van der Waals surface area contributed by atoms with Gasteiger partial charge in [-0.05, 0) is 29.4 Å². The molecule has 0 fully saturated rings. The molecule has 0 spiro atoms. The first kappa shape index (κ1) is 15.5. The third kappa shape index (κ3) is 4.27. The summed E-state index contributed by atoms with van der Waals surface area (Å²) in [7, 11) is 0. The smallest absolute Gasteiger partial charge is 0.427 e. The quantitative estimate of drug-likeness (QED) is 0.552. The van der Waals surface area contributed by atoms with Crippen molar-refractivity contribution in [1.82, 2.24) is 0 Å². The van der Waals surface area contributed by atoms with Crippen molar-refractivity contribution in [3.8, 4) is 5.75 Å². The molecule has 0 aliphatic heterocycles. The number of carbonyl (C=O) groups excluding carboxylic acids is 1. The summed E-state index contributed by atoms with van der Waals surface area (Å²) in [6, 6.07) is 5.98. The van der Waals surface area contributed by atoms with Crippen LogP contribution in [0, 0.1) is 6.61 Å². The zero-order chi connectivity index (χ0) is 14.4. The maximum absolute atomic E-state index is 11.6. The average molecular weight is 263 g/mol. The first-order valence-corrected chi connectivity index (χ1v) is 6.80. The molecule has 0 unspecified atom stereocenters. The van der Waals surface area contributed by atoms with E-state index in [1.165, 1.54) is 6.61 Å². The van der Waals surface area contributed by atoms with Gasteiger partial charge in [-0.15, -0.1) is 0 Å². The summed E-state index contributed by atoms with van der Waals surface area (Å²) < 4.78 is 10.3. The lowest BCUT2D eigenvalue weighted by atomic mass is 9.94. The molecule has 0 saturated carbocycles. The van der Waals surface area contributed by atoms with Gasteiger partial charge in [-0.25, -0.2) is 4.79 Å². The first-order chi connectivity index (χ1) is 8.97. The van der Waals surface area contributed by atoms with Crippen molar-refractivity contribution < 1.29 is 14.3 Å². The van der Waals surface area contributed by atoms with Crippen LogP contribution in [0.1, 0.15) is 64.0 Å². The molecule has 0 aliphatic carbocycles. The van der Waals surface area contributed by atoms with E-state index in [4.69, 9.17) is 9.47 Å². The van der Waals surface area contributed by atoms with Crippen LogP contribution in [0.15, 0.2) is 18.2 Å². The van der Waals surface area contributed by atoms with Gasteiger partial charge in [-0.3, -0.25) is 0 Å². The first-order valence-electron chi connectivity index (χ1n) is 6.80. The molecular weight excluding hydrogens is 240 g/mol. The summed E-state index contributed by atoms with van der Waals surface area (Å²) in [5, 5.41) is 0. The van der Waals surface area contributed by atoms with E-state index in [1.807, 2.05) is 25.1 Å². The SMILES string of the molecule is CC[CH]OC(=O)Oc1c(C(C)C)cccc1C(C)C. The van der Waals surface area contributed by atoms with Gasteiger partial charge in [0, 0.05) is 0 Å². The number of hydrogen-bond acceptors (Lipinski definition) is 3.